The van der Waals surface area contributed by atoms with Crippen molar-refractivity contribution in [2.75, 3.05) is 6.61 Å². The second-order valence-electron chi connectivity index (χ2n) is 10.1. The number of Topliss-reactive ketones (excluding diaryl/α,β-unsaturated/α-hetero) is 1. The molecule has 0 amide bonds. The molecule has 1 aromatic rings. The standard InChI is InChI=1S/C21H29Cl2NO7Si/c1-20(2,3)32(6,7)28-10-15-17-19(31-21(4,5)30-17)18(29-15)16(25)11-8-12(22)13(23)9-14(11)24(26)27/h8-9,15,17-19H,10H2,1-7H3/t15-,17-,18-,19-/m1/s1. The Kier molecular flexibility index (Phi) is 6.87. The molecule has 178 valence electrons. The van der Waals surface area contributed by atoms with E-state index in [1.165, 1.54) is 6.07 Å². The van der Waals surface area contributed by atoms with Crippen LogP contribution in [0.5, 0.6) is 0 Å². The molecule has 3 rings (SSSR count). The van der Waals surface area contributed by atoms with Gasteiger partial charge in [-0.25, -0.2) is 0 Å². The van der Waals surface area contributed by atoms with Gasteiger partial charge in [0.2, 0.25) is 5.78 Å². The number of benzene rings is 1. The number of rotatable bonds is 6. The molecule has 2 saturated heterocycles. The van der Waals surface area contributed by atoms with Crippen molar-refractivity contribution in [1.29, 1.82) is 0 Å². The Balaban J connectivity index is 1.90. The number of hydrogen-bond donors (Lipinski definition) is 0. The van der Waals surface area contributed by atoms with E-state index in [4.69, 9.17) is 41.8 Å². The highest BCUT2D eigenvalue weighted by Crippen LogP contribution is 2.43. The van der Waals surface area contributed by atoms with Gasteiger partial charge in [0.25, 0.3) is 5.69 Å². The minimum Gasteiger partial charge on any atom is -0.414 e. The van der Waals surface area contributed by atoms with Crippen molar-refractivity contribution in [2.24, 2.45) is 0 Å². The summed E-state index contributed by atoms with van der Waals surface area (Å²) in [4.78, 5) is 24.3. The molecule has 4 atom stereocenters. The van der Waals surface area contributed by atoms with E-state index in [9.17, 15) is 14.9 Å². The third kappa shape index (κ3) is 4.89. The number of hydrogen-bond acceptors (Lipinski definition) is 7. The maximum atomic E-state index is 13.4. The SMILES string of the molecule is CC1(C)O[C@@H]2[C@H](O1)[C@@H](CO[Si](C)(C)C(C)(C)C)O[C@@H]2C(=O)c1cc(Cl)c(Cl)cc1[N+](=O)[O-]. The second-order valence-corrected chi connectivity index (χ2v) is 15.8. The van der Waals surface area contributed by atoms with Crippen molar-refractivity contribution >= 4 is 43.0 Å². The van der Waals surface area contributed by atoms with E-state index in [0.717, 1.165) is 6.07 Å². The van der Waals surface area contributed by atoms with Gasteiger partial charge < -0.3 is 18.6 Å². The average molecular weight is 506 g/mol. The number of nitrogens with zero attached hydrogens (tertiary/aromatic N) is 1. The zero-order chi connectivity index (χ0) is 24.2. The Morgan fingerprint density at radius 1 is 1.19 bits per heavy atom. The molecule has 2 fully saturated rings. The molecule has 0 unspecified atom stereocenters. The van der Waals surface area contributed by atoms with Crippen LogP contribution in [0.2, 0.25) is 28.2 Å². The van der Waals surface area contributed by atoms with Gasteiger partial charge >= 0.3 is 0 Å². The van der Waals surface area contributed by atoms with E-state index in [0.29, 0.717) is 0 Å². The molecule has 32 heavy (non-hydrogen) atoms. The maximum Gasteiger partial charge on any atom is 0.281 e. The molecular formula is C21H29Cl2NO7Si. The molecular weight excluding hydrogens is 477 g/mol. The van der Waals surface area contributed by atoms with Gasteiger partial charge in [0.1, 0.15) is 18.3 Å². The van der Waals surface area contributed by atoms with Crippen LogP contribution in [0.25, 0.3) is 0 Å². The van der Waals surface area contributed by atoms with Crippen LogP contribution in [0.15, 0.2) is 12.1 Å². The molecule has 0 saturated carbocycles. The summed E-state index contributed by atoms with van der Waals surface area (Å²) >= 11 is 12.0. The Labute approximate surface area is 198 Å². The Bertz CT molecular complexity index is 931. The summed E-state index contributed by atoms with van der Waals surface area (Å²) in [6.07, 6.45) is -2.96. The number of halogens is 2. The molecule has 0 spiro atoms. The van der Waals surface area contributed by atoms with Gasteiger partial charge in [0, 0.05) is 6.07 Å². The molecule has 0 N–H and O–H groups in total. The summed E-state index contributed by atoms with van der Waals surface area (Å²) in [5.74, 6) is -1.54. The van der Waals surface area contributed by atoms with E-state index in [1.807, 2.05) is 0 Å². The highest BCUT2D eigenvalue weighted by atomic mass is 35.5. The van der Waals surface area contributed by atoms with Crippen molar-refractivity contribution in [3.05, 3.63) is 37.9 Å². The van der Waals surface area contributed by atoms with Gasteiger partial charge in [-0.15, -0.1) is 0 Å². The third-order valence-corrected chi connectivity index (χ3v) is 11.5. The number of ketones is 1. The van der Waals surface area contributed by atoms with Crippen LogP contribution in [0, 0.1) is 10.1 Å². The number of carbonyl (C=O) groups excluding carboxylic acids is 1. The first-order valence-corrected chi connectivity index (χ1v) is 14.0. The molecule has 11 heteroatoms. The largest absolute Gasteiger partial charge is 0.414 e. The van der Waals surface area contributed by atoms with Gasteiger partial charge in [-0.1, -0.05) is 44.0 Å². The van der Waals surface area contributed by atoms with Gasteiger partial charge in [-0.05, 0) is 38.0 Å². The molecule has 8 nitrogen and oxygen atoms in total. The van der Waals surface area contributed by atoms with Gasteiger partial charge in [-0.2, -0.15) is 0 Å². The normalized spacial score (nSPS) is 27.4. The van der Waals surface area contributed by atoms with E-state index < -0.39 is 54.9 Å². The summed E-state index contributed by atoms with van der Waals surface area (Å²) in [5, 5.41) is 11.6. The van der Waals surface area contributed by atoms with Crippen LogP contribution in [0.1, 0.15) is 45.0 Å². The number of nitro groups is 1. The van der Waals surface area contributed by atoms with Crippen LogP contribution in [0.4, 0.5) is 5.69 Å². The number of carbonyl (C=O) groups is 1. The third-order valence-electron chi connectivity index (χ3n) is 6.32. The van der Waals surface area contributed by atoms with Crippen molar-refractivity contribution in [2.45, 2.75) is 83.0 Å². The minimum absolute atomic E-state index is 0.00675. The quantitative estimate of drug-likeness (QED) is 0.221. The van der Waals surface area contributed by atoms with Crippen LogP contribution in [-0.4, -0.2) is 55.8 Å². The molecule has 2 heterocycles. The first kappa shape index (κ1) is 25.5. The monoisotopic (exact) mass is 505 g/mol. The fourth-order valence-electron chi connectivity index (χ4n) is 3.57. The zero-order valence-corrected chi connectivity index (χ0v) is 21.7. The molecule has 0 aliphatic carbocycles. The minimum atomic E-state index is -2.09. The summed E-state index contributed by atoms with van der Waals surface area (Å²) in [7, 11) is -2.09. The van der Waals surface area contributed by atoms with E-state index in [-0.39, 0.29) is 27.3 Å². The van der Waals surface area contributed by atoms with Gasteiger partial charge in [0.05, 0.1) is 27.1 Å². The number of ether oxygens (including phenoxy) is 3. The fraction of sp³-hybridized carbons (Fsp3) is 0.667. The van der Waals surface area contributed by atoms with E-state index >= 15 is 0 Å². The van der Waals surface area contributed by atoms with Crippen LogP contribution in [-0.2, 0) is 18.6 Å². The lowest BCUT2D eigenvalue weighted by molar-refractivity contribution is -0.385. The summed E-state index contributed by atoms with van der Waals surface area (Å²) in [6, 6.07) is 2.26. The molecule has 0 bridgehead atoms. The maximum absolute atomic E-state index is 13.4. The Morgan fingerprint density at radius 3 is 2.31 bits per heavy atom. The summed E-state index contributed by atoms with van der Waals surface area (Å²) in [5.41, 5.74) is -0.629. The van der Waals surface area contributed by atoms with Crippen LogP contribution < -0.4 is 0 Å². The van der Waals surface area contributed by atoms with Crippen molar-refractivity contribution in [1.82, 2.24) is 0 Å². The fourth-order valence-corrected chi connectivity index (χ4v) is 4.91. The topological polar surface area (TPSA) is 97.1 Å². The number of fused-ring (bicyclic) bond motifs is 1. The molecule has 0 radical (unpaired) electrons. The Hall–Kier alpha value is -1.07. The molecule has 2 aliphatic heterocycles. The lowest BCUT2D eigenvalue weighted by atomic mass is 9.99. The lowest BCUT2D eigenvalue weighted by Gasteiger charge is -2.37. The number of nitro benzene ring substituents is 1. The smallest absolute Gasteiger partial charge is 0.281 e. The predicted octanol–water partition coefficient (Wildman–Crippen LogP) is 5.39. The Morgan fingerprint density at radius 2 is 1.75 bits per heavy atom. The van der Waals surface area contributed by atoms with Gasteiger partial charge in [-0.3, -0.25) is 14.9 Å². The van der Waals surface area contributed by atoms with Crippen molar-refractivity contribution < 1.29 is 28.4 Å². The lowest BCUT2D eigenvalue weighted by Crippen LogP contribution is -2.44. The molecule has 0 aromatic heterocycles. The average Bonchev–Trinajstić information content (AvgIpc) is 3.13. The first-order chi connectivity index (χ1) is 14.5. The zero-order valence-electron chi connectivity index (χ0n) is 19.2. The second kappa shape index (κ2) is 8.61. The summed E-state index contributed by atoms with van der Waals surface area (Å²) in [6.45, 7) is 14.4. The van der Waals surface area contributed by atoms with Crippen molar-refractivity contribution in [3.63, 3.8) is 0 Å². The van der Waals surface area contributed by atoms with E-state index in [1.54, 1.807) is 13.8 Å². The van der Waals surface area contributed by atoms with Gasteiger partial charge in [0.15, 0.2) is 20.2 Å². The first-order valence-electron chi connectivity index (χ1n) is 10.4. The highest BCUT2D eigenvalue weighted by Gasteiger charge is 2.58. The van der Waals surface area contributed by atoms with Crippen LogP contribution in [0.3, 0.4) is 0 Å². The van der Waals surface area contributed by atoms with Crippen molar-refractivity contribution in [3.8, 4) is 0 Å². The molecule has 2 aliphatic rings. The van der Waals surface area contributed by atoms with Crippen LogP contribution >= 0.6 is 23.2 Å². The highest BCUT2D eigenvalue weighted by molar-refractivity contribution is 6.74. The summed E-state index contributed by atoms with van der Waals surface area (Å²) < 4.78 is 24.4. The van der Waals surface area contributed by atoms with E-state index in [2.05, 4.69) is 33.9 Å². The molecule has 1 aromatic carbocycles. The predicted molar refractivity (Wildman–Crippen MR) is 123 cm³/mol.